The molecule has 18 heavy (non-hydrogen) atoms. The summed E-state index contributed by atoms with van der Waals surface area (Å²) in [6.07, 6.45) is 2.29. The van der Waals surface area contributed by atoms with Crippen LogP contribution in [0.4, 0.5) is 5.69 Å². The van der Waals surface area contributed by atoms with Crippen LogP contribution in [-0.4, -0.2) is 26.5 Å². The molecule has 0 N–H and O–H groups in total. The van der Waals surface area contributed by atoms with Gasteiger partial charge in [0.15, 0.2) is 5.78 Å². The third-order valence-corrected chi connectivity index (χ3v) is 5.44. The minimum atomic E-state index is -3.28. The van der Waals surface area contributed by atoms with E-state index >= 15 is 0 Å². The lowest BCUT2D eigenvalue weighted by Crippen LogP contribution is -2.39. The molecule has 0 radical (unpaired) electrons. The molecule has 4 nitrogen and oxygen atoms in total. The van der Waals surface area contributed by atoms with Gasteiger partial charge in [-0.2, -0.15) is 0 Å². The van der Waals surface area contributed by atoms with E-state index in [1.165, 1.54) is 4.31 Å². The number of rotatable bonds is 3. The molecule has 0 unspecified atom stereocenters. The van der Waals surface area contributed by atoms with Gasteiger partial charge < -0.3 is 0 Å². The monoisotopic (exact) mass is 265 g/mol. The summed E-state index contributed by atoms with van der Waals surface area (Å²) in [5.74, 6) is 0.568. The fourth-order valence-corrected chi connectivity index (χ4v) is 4.28. The molecule has 3 rings (SSSR count). The zero-order valence-corrected chi connectivity index (χ0v) is 10.8. The van der Waals surface area contributed by atoms with Crippen LogP contribution in [0.1, 0.15) is 29.6 Å². The molecule has 0 saturated heterocycles. The fourth-order valence-electron chi connectivity index (χ4n) is 2.35. The summed E-state index contributed by atoms with van der Waals surface area (Å²) in [4.78, 5) is 11.8. The Hall–Kier alpha value is -1.36. The first-order chi connectivity index (χ1) is 8.58. The van der Waals surface area contributed by atoms with Crippen molar-refractivity contribution in [3.63, 3.8) is 0 Å². The van der Waals surface area contributed by atoms with Gasteiger partial charge in [0.2, 0.25) is 10.0 Å². The highest BCUT2D eigenvalue weighted by atomic mass is 32.2. The van der Waals surface area contributed by atoms with Crippen LogP contribution in [0.3, 0.4) is 0 Å². The quantitative estimate of drug-likeness (QED) is 0.837. The Balaban J connectivity index is 1.99. The molecule has 1 saturated carbocycles. The van der Waals surface area contributed by atoms with Gasteiger partial charge in [0.1, 0.15) is 0 Å². The van der Waals surface area contributed by atoms with Gasteiger partial charge in [0.05, 0.1) is 11.4 Å². The number of hydrogen-bond acceptors (Lipinski definition) is 3. The van der Waals surface area contributed by atoms with Crippen LogP contribution >= 0.6 is 0 Å². The third-order valence-electron chi connectivity index (χ3n) is 3.49. The van der Waals surface area contributed by atoms with Gasteiger partial charge >= 0.3 is 0 Å². The Morgan fingerprint density at radius 2 is 1.94 bits per heavy atom. The Morgan fingerprint density at radius 3 is 2.67 bits per heavy atom. The lowest BCUT2D eigenvalue weighted by molar-refractivity contribution is 0.0982. The van der Waals surface area contributed by atoms with Crippen molar-refractivity contribution in [1.29, 1.82) is 0 Å². The van der Waals surface area contributed by atoms with E-state index < -0.39 is 10.0 Å². The molecule has 1 heterocycles. The van der Waals surface area contributed by atoms with Crippen LogP contribution in [0.25, 0.3) is 0 Å². The average Bonchev–Trinajstić information content (AvgIpc) is 3.12. The molecular weight excluding hydrogens is 250 g/mol. The number of para-hydroxylation sites is 1. The highest BCUT2D eigenvalue weighted by molar-refractivity contribution is 7.92. The van der Waals surface area contributed by atoms with Crippen molar-refractivity contribution in [3.05, 3.63) is 29.8 Å². The minimum absolute atomic E-state index is 0.0310. The molecule has 0 aromatic heterocycles. The van der Waals surface area contributed by atoms with Crippen LogP contribution in [-0.2, 0) is 10.0 Å². The largest absolute Gasteiger partial charge is 0.294 e. The topological polar surface area (TPSA) is 54.5 Å². The van der Waals surface area contributed by atoms with E-state index in [2.05, 4.69) is 0 Å². The second kappa shape index (κ2) is 4.09. The molecule has 1 aliphatic carbocycles. The first kappa shape index (κ1) is 11.7. The van der Waals surface area contributed by atoms with Gasteiger partial charge in [-0.15, -0.1) is 0 Å². The van der Waals surface area contributed by atoms with Gasteiger partial charge in [-0.1, -0.05) is 12.1 Å². The second-order valence-corrected chi connectivity index (χ2v) is 6.92. The van der Waals surface area contributed by atoms with Crippen LogP contribution in [0.2, 0.25) is 0 Å². The number of sulfonamides is 1. The van der Waals surface area contributed by atoms with Crippen molar-refractivity contribution in [2.45, 2.75) is 19.3 Å². The third kappa shape index (κ3) is 2.03. The van der Waals surface area contributed by atoms with Gasteiger partial charge in [-0.05, 0) is 30.9 Å². The predicted octanol–water partition coefficient (Wildman–Crippen LogP) is 1.82. The van der Waals surface area contributed by atoms with Gasteiger partial charge in [-0.25, -0.2) is 8.42 Å². The highest BCUT2D eigenvalue weighted by Crippen LogP contribution is 2.34. The molecule has 1 fully saturated rings. The number of carbonyl (C=O) groups excluding carboxylic acids is 1. The van der Waals surface area contributed by atoms with Crippen molar-refractivity contribution >= 4 is 21.5 Å². The molecule has 5 heteroatoms. The number of benzene rings is 1. The van der Waals surface area contributed by atoms with E-state index in [-0.39, 0.29) is 24.5 Å². The first-order valence-electron chi connectivity index (χ1n) is 6.20. The predicted molar refractivity (Wildman–Crippen MR) is 69.2 cm³/mol. The van der Waals surface area contributed by atoms with Crippen LogP contribution in [0.15, 0.2) is 24.3 Å². The summed E-state index contributed by atoms with van der Waals surface area (Å²) in [6.45, 7) is 0.283. The molecule has 1 aliphatic heterocycles. The molecular formula is C13H15NO3S. The lowest BCUT2D eigenvalue weighted by Gasteiger charge is -2.29. The summed E-state index contributed by atoms with van der Waals surface area (Å²) < 4.78 is 26.1. The number of fused-ring (bicyclic) bond motifs is 1. The SMILES string of the molecule is O=C1CCN(S(=O)(=O)CC2CC2)c2ccccc21. The summed E-state index contributed by atoms with van der Waals surface area (Å²) in [5, 5.41) is 0. The molecule has 1 aromatic carbocycles. The number of ketones is 1. The number of carbonyl (C=O) groups is 1. The zero-order valence-electron chi connectivity index (χ0n) is 10.0. The minimum Gasteiger partial charge on any atom is -0.294 e. The number of hydrogen-bond donors (Lipinski definition) is 0. The smallest absolute Gasteiger partial charge is 0.235 e. The van der Waals surface area contributed by atoms with E-state index in [9.17, 15) is 13.2 Å². The number of anilines is 1. The van der Waals surface area contributed by atoms with E-state index in [1.807, 2.05) is 0 Å². The van der Waals surface area contributed by atoms with Gasteiger partial charge in [-0.3, -0.25) is 9.10 Å². The fraction of sp³-hybridized carbons (Fsp3) is 0.462. The zero-order chi connectivity index (χ0) is 12.8. The Morgan fingerprint density at radius 1 is 1.22 bits per heavy atom. The number of nitrogens with zero attached hydrogens (tertiary/aromatic N) is 1. The molecule has 96 valence electrons. The highest BCUT2D eigenvalue weighted by Gasteiger charge is 2.35. The summed E-state index contributed by atoms with van der Waals surface area (Å²) in [5.41, 5.74) is 1.08. The summed E-state index contributed by atoms with van der Waals surface area (Å²) in [7, 11) is -3.28. The first-order valence-corrected chi connectivity index (χ1v) is 7.81. The molecule has 0 atom stereocenters. The lowest BCUT2D eigenvalue weighted by atomic mass is 10.0. The normalized spacial score (nSPS) is 19.8. The second-order valence-electron chi connectivity index (χ2n) is 4.98. The molecule has 2 aliphatic rings. The standard InChI is InChI=1S/C13H15NO3S/c15-13-7-8-14(12-4-2-1-3-11(12)13)18(16,17)9-10-5-6-10/h1-4,10H,5-9H2. The Kier molecular flexibility index (Phi) is 2.66. The van der Waals surface area contributed by atoms with E-state index in [0.717, 1.165) is 12.8 Å². The summed E-state index contributed by atoms with van der Waals surface area (Å²) in [6, 6.07) is 6.97. The van der Waals surface area contributed by atoms with Crippen LogP contribution in [0, 0.1) is 5.92 Å². The Labute approximate surface area is 107 Å². The van der Waals surface area contributed by atoms with Crippen molar-refractivity contribution < 1.29 is 13.2 Å². The maximum Gasteiger partial charge on any atom is 0.235 e. The Bertz CT molecular complexity index is 590. The van der Waals surface area contributed by atoms with Crippen LogP contribution in [0.5, 0.6) is 0 Å². The molecule has 0 amide bonds. The van der Waals surface area contributed by atoms with Crippen molar-refractivity contribution in [3.8, 4) is 0 Å². The molecule has 0 spiro atoms. The van der Waals surface area contributed by atoms with Gasteiger partial charge in [0, 0.05) is 18.5 Å². The van der Waals surface area contributed by atoms with Crippen molar-refractivity contribution in [2.24, 2.45) is 5.92 Å². The van der Waals surface area contributed by atoms with Crippen molar-refractivity contribution in [1.82, 2.24) is 0 Å². The maximum absolute atomic E-state index is 12.3. The van der Waals surface area contributed by atoms with Crippen molar-refractivity contribution in [2.75, 3.05) is 16.6 Å². The van der Waals surface area contributed by atoms with Crippen LogP contribution < -0.4 is 4.31 Å². The van der Waals surface area contributed by atoms with E-state index in [0.29, 0.717) is 17.2 Å². The summed E-state index contributed by atoms with van der Waals surface area (Å²) >= 11 is 0. The average molecular weight is 265 g/mol. The van der Waals surface area contributed by atoms with E-state index in [4.69, 9.17) is 0 Å². The van der Waals surface area contributed by atoms with E-state index in [1.54, 1.807) is 24.3 Å². The molecule has 0 bridgehead atoms. The van der Waals surface area contributed by atoms with Gasteiger partial charge in [0.25, 0.3) is 0 Å². The molecule has 1 aromatic rings. The number of Topliss-reactive ketones (excluding diaryl/α,β-unsaturated/α-hetero) is 1. The maximum atomic E-state index is 12.3.